The van der Waals surface area contributed by atoms with Crippen molar-refractivity contribution < 1.29 is 19.4 Å². The smallest absolute Gasteiger partial charge is 0.267 e. The van der Waals surface area contributed by atoms with Crippen LogP contribution in [0.4, 0.5) is 11.4 Å². The molecule has 0 radical (unpaired) electrons. The number of hydrogen-bond acceptors (Lipinski definition) is 7. The second-order valence-electron chi connectivity index (χ2n) is 7.04. The van der Waals surface area contributed by atoms with E-state index < -0.39 is 21.7 Å². The van der Waals surface area contributed by atoms with Gasteiger partial charge in [0.25, 0.3) is 23.2 Å². The van der Waals surface area contributed by atoms with Crippen LogP contribution in [0, 0.1) is 27.2 Å². The van der Waals surface area contributed by atoms with Crippen molar-refractivity contribution in [3.05, 3.63) is 108 Å². The normalized spacial score (nSPS) is 11.5. The highest BCUT2D eigenvalue weighted by Gasteiger charge is 2.17. The summed E-state index contributed by atoms with van der Waals surface area (Å²) in [4.78, 5) is 50.5. The number of carbonyl (C=O) groups is 2. The first-order valence-corrected chi connectivity index (χ1v) is 10.3. The van der Waals surface area contributed by atoms with Gasteiger partial charge in [0, 0.05) is 40.8 Å². The van der Waals surface area contributed by atoms with Crippen molar-refractivity contribution in [2.45, 2.75) is 6.92 Å². The molecule has 0 fully saturated rings. The summed E-state index contributed by atoms with van der Waals surface area (Å²) >= 11 is 0.963. The number of amides is 1. The number of nitro benzene ring substituents is 2. The summed E-state index contributed by atoms with van der Waals surface area (Å²) in [7, 11) is 0. The quantitative estimate of drug-likeness (QED) is 0.328. The van der Waals surface area contributed by atoms with E-state index in [0.29, 0.717) is 15.6 Å². The van der Waals surface area contributed by atoms with Gasteiger partial charge < -0.3 is 0 Å². The molecule has 11 heteroatoms. The highest BCUT2D eigenvalue weighted by molar-refractivity contribution is 7.06. The molecule has 1 amide bonds. The monoisotopic (exact) mass is 462 g/mol. The molecular formula is C22H14N4O6S. The topological polar surface area (TPSA) is 138 Å². The molecule has 0 saturated carbocycles. The van der Waals surface area contributed by atoms with Gasteiger partial charge in [-0.25, -0.2) is 3.96 Å². The number of fused-ring (bicyclic) bond motifs is 1. The summed E-state index contributed by atoms with van der Waals surface area (Å²) in [6, 6.07) is 15.7. The number of nitro groups is 2. The van der Waals surface area contributed by atoms with Crippen molar-refractivity contribution in [2.24, 2.45) is 4.99 Å². The Morgan fingerprint density at radius 3 is 1.94 bits per heavy atom. The van der Waals surface area contributed by atoms with Gasteiger partial charge in [0.05, 0.1) is 15.4 Å². The highest BCUT2D eigenvalue weighted by atomic mass is 32.1. The maximum absolute atomic E-state index is 13.1. The number of benzene rings is 3. The van der Waals surface area contributed by atoms with Gasteiger partial charge in [-0.2, -0.15) is 4.99 Å². The van der Waals surface area contributed by atoms with Gasteiger partial charge in [-0.1, -0.05) is 11.6 Å². The van der Waals surface area contributed by atoms with Gasteiger partial charge in [0.15, 0.2) is 0 Å². The van der Waals surface area contributed by atoms with E-state index in [9.17, 15) is 29.8 Å². The lowest BCUT2D eigenvalue weighted by Crippen LogP contribution is -2.09. The Balaban J connectivity index is 1.79. The first-order valence-electron chi connectivity index (χ1n) is 9.50. The summed E-state index contributed by atoms with van der Waals surface area (Å²) in [5.41, 5.74) is 1.56. The van der Waals surface area contributed by atoms with Crippen molar-refractivity contribution in [1.82, 2.24) is 3.96 Å². The minimum Gasteiger partial charge on any atom is -0.267 e. The van der Waals surface area contributed by atoms with Crippen LogP contribution in [0.2, 0.25) is 0 Å². The summed E-state index contributed by atoms with van der Waals surface area (Å²) < 4.78 is 1.67. The number of carbonyl (C=O) groups excluding carboxylic acids is 2. The van der Waals surface area contributed by atoms with E-state index in [1.54, 1.807) is 12.1 Å². The Morgan fingerprint density at radius 1 is 0.848 bits per heavy atom. The van der Waals surface area contributed by atoms with E-state index in [1.807, 2.05) is 13.0 Å². The van der Waals surface area contributed by atoms with Gasteiger partial charge in [0.2, 0.25) is 0 Å². The van der Waals surface area contributed by atoms with Crippen LogP contribution in [-0.2, 0) is 0 Å². The summed E-state index contributed by atoms with van der Waals surface area (Å²) in [5, 5.41) is 22.3. The highest BCUT2D eigenvalue weighted by Crippen LogP contribution is 2.20. The Morgan fingerprint density at radius 2 is 1.39 bits per heavy atom. The zero-order valence-electron chi connectivity index (χ0n) is 17.0. The molecule has 0 aliphatic rings. The van der Waals surface area contributed by atoms with E-state index in [-0.39, 0.29) is 22.5 Å². The summed E-state index contributed by atoms with van der Waals surface area (Å²) in [6.45, 7) is 1.86. The maximum atomic E-state index is 13.1. The molecule has 1 heterocycles. The van der Waals surface area contributed by atoms with Crippen molar-refractivity contribution in [3.63, 3.8) is 0 Å². The van der Waals surface area contributed by atoms with Crippen LogP contribution < -0.4 is 4.67 Å². The first-order chi connectivity index (χ1) is 15.7. The third-order valence-corrected chi connectivity index (χ3v) is 5.85. The Bertz CT molecular complexity index is 1500. The summed E-state index contributed by atoms with van der Waals surface area (Å²) in [5.74, 6) is -1.03. The fourth-order valence-corrected chi connectivity index (χ4v) is 4.14. The third kappa shape index (κ3) is 4.29. The minimum absolute atomic E-state index is 0.132. The molecule has 4 aromatic rings. The molecule has 0 aliphatic heterocycles. The fraction of sp³-hybridized carbons (Fsp3) is 0.0455. The van der Waals surface area contributed by atoms with Gasteiger partial charge >= 0.3 is 0 Å². The predicted molar refractivity (Wildman–Crippen MR) is 120 cm³/mol. The zero-order chi connectivity index (χ0) is 23.7. The molecule has 1 aromatic heterocycles. The number of aryl methyl sites for hydroxylation is 1. The van der Waals surface area contributed by atoms with Crippen LogP contribution in [0.15, 0.2) is 71.7 Å². The van der Waals surface area contributed by atoms with E-state index in [0.717, 1.165) is 17.1 Å². The van der Waals surface area contributed by atoms with Crippen LogP contribution in [0.25, 0.3) is 10.9 Å². The van der Waals surface area contributed by atoms with Crippen molar-refractivity contribution >= 4 is 45.6 Å². The first kappa shape index (κ1) is 21.7. The van der Waals surface area contributed by atoms with E-state index in [4.69, 9.17) is 0 Å². The minimum atomic E-state index is -0.607. The van der Waals surface area contributed by atoms with Gasteiger partial charge in [-0.15, -0.1) is 0 Å². The van der Waals surface area contributed by atoms with Crippen LogP contribution in [0.3, 0.4) is 0 Å². The van der Waals surface area contributed by atoms with Crippen molar-refractivity contribution in [1.29, 1.82) is 0 Å². The van der Waals surface area contributed by atoms with E-state index >= 15 is 0 Å². The molecule has 3 aromatic carbocycles. The van der Waals surface area contributed by atoms with Crippen LogP contribution >= 0.6 is 11.5 Å². The number of nitrogens with zero attached hydrogens (tertiary/aromatic N) is 4. The Labute approximate surface area is 189 Å². The second-order valence-corrected chi connectivity index (χ2v) is 7.98. The summed E-state index contributed by atoms with van der Waals surface area (Å²) in [6.07, 6.45) is 0. The predicted octanol–water partition coefficient (Wildman–Crippen LogP) is 4.26. The maximum Gasteiger partial charge on any atom is 0.278 e. The number of rotatable bonds is 4. The molecule has 0 aliphatic carbocycles. The molecule has 0 spiro atoms. The second kappa shape index (κ2) is 8.55. The third-order valence-electron chi connectivity index (χ3n) is 4.82. The average Bonchev–Trinajstić information content (AvgIpc) is 3.16. The molecular weight excluding hydrogens is 448 g/mol. The molecule has 0 unspecified atom stereocenters. The van der Waals surface area contributed by atoms with E-state index in [1.165, 1.54) is 52.5 Å². The van der Waals surface area contributed by atoms with Crippen molar-refractivity contribution in [2.75, 3.05) is 0 Å². The average molecular weight is 462 g/mol. The van der Waals surface area contributed by atoms with Gasteiger partial charge in [-0.3, -0.25) is 29.8 Å². The lowest BCUT2D eigenvalue weighted by Gasteiger charge is -2.03. The molecule has 0 saturated heterocycles. The van der Waals surface area contributed by atoms with E-state index in [2.05, 4.69) is 4.99 Å². The zero-order valence-corrected chi connectivity index (χ0v) is 17.8. The number of non-ortho nitro benzene ring substituents is 2. The van der Waals surface area contributed by atoms with Crippen LogP contribution in [0.1, 0.15) is 26.3 Å². The van der Waals surface area contributed by atoms with Gasteiger partial charge in [-0.05, 0) is 54.9 Å². The lowest BCUT2D eigenvalue weighted by molar-refractivity contribution is -0.385. The standard InChI is InChI=1S/C22H14N4O6S/c1-13-2-11-19-18(12-13)21(23-20(27)14-3-7-16(8-4-14)25(29)30)33-24(19)22(28)15-5-9-17(10-6-15)26(31)32/h2-12H,1H3. The largest absolute Gasteiger partial charge is 0.278 e. The molecule has 4 rings (SSSR count). The molecule has 0 atom stereocenters. The van der Waals surface area contributed by atoms with Crippen molar-refractivity contribution in [3.8, 4) is 0 Å². The van der Waals surface area contributed by atoms with Gasteiger partial charge in [0.1, 0.15) is 4.67 Å². The number of hydrogen-bond donors (Lipinski definition) is 0. The fourth-order valence-electron chi connectivity index (χ4n) is 3.14. The Kier molecular flexibility index (Phi) is 5.63. The number of aromatic nitrogens is 1. The molecule has 10 nitrogen and oxygen atoms in total. The Hall–Kier alpha value is -4.51. The molecule has 33 heavy (non-hydrogen) atoms. The van der Waals surface area contributed by atoms with Crippen LogP contribution in [-0.4, -0.2) is 25.6 Å². The van der Waals surface area contributed by atoms with Crippen LogP contribution in [0.5, 0.6) is 0 Å². The molecule has 164 valence electrons. The SMILES string of the molecule is Cc1ccc2c(c1)c(=NC(=O)c1ccc([N+](=O)[O-])cc1)sn2C(=O)c1ccc([N+](=O)[O-])cc1. The lowest BCUT2D eigenvalue weighted by atomic mass is 10.1. The molecule has 0 bridgehead atoms. The molecule has 0 N–H and O–H groups in total.